The Hall–Kier alpha value is -3.47. The highest BCUT2D eigenvalue weighted by atomic mass is 32.2. The van der Waals surface area contributed by atoms with Crippen LogP contribution in [0.25, 0.3) is 22.4 Å². The summed E-state index contributed by atoms with van der Waals surface area (Å²) in [4.78, 5) is 29.2. The third-order valence-corrected chi connectivity index (χ3v) is 5.99. The van der Waals surface area contributed by atoms with Gasteiger partial charge in [-0.3, -0.25) is 9.59 Å². The fraction of sp³-hybridized carbons (Fsp3) is 0.400. The molecular weight excluding hydrogens is 489 g/mol. The average Bonchev–Trinajstić information content (AvgIpc) is 3.19. The second-order valence-corrected chi connectivity index (χ2v) is 10.4. The van der Waals surface area contributed by atoms with Gasteiger partial charge in [-0.2, -0.15) is 4.98 Å². The maximum atomic E-state index is 13.5. The number of pyridine rings is 1. The van der Waals surface area contributed by atoms with Crippen LogP contribution in [0.2, 0.25) is 0 Å². The Balaban J connectivity index is 2.05. The Labute approximate surface area is 209 Å². The van der Waals surface area contributed by atoms with Crippen molar-refractivity contribution in [1.29, 1.82) is 0 Å². The first-order chi connectivity index (χ1) is 17.1. The van der Waals surface area contributed by atoms with Crippen LogP contribution in [-0.4, -0.2) is 50.6 Å². The highest BCUT2D eigenvalue weighted by Crippen LogP contribution is 2.35. The zero-order valence-corrected chi connectivity index (χ0v) is 21.3. The Morgan fingerprint density at radius 1 is 1.14 bits per heavy atom. The molecule has 0 atom stereocenters. The second kappa shape index (κ2) is 12.0. The number of nitrogens with zero attached hydrogens (tertiary/aromatic N) is 1. The molecule has 2 N–H and O–H groups in total. The number of anilines is 1. The van der Waals surface area contributed by atoms with E-state index in [1.165, 1.54) is 24.3 Å². The van der Waals surface area contributed by atoms with Crippen molar-refractivity contribution >= 4 is 38.6 Å². The number of esters is 1. The monoisotopic (exact) mass is 519 g/mol. The summed E-state index contributed by atoms with van der Waals surface area (Å²) in [6.07, 6.45) is 3.02. The lowest BCUT2D eigenvalue weighted by Crippen LogP contribution is -2.23. The summed E-state index contributed by atoms with van der Waals surface area (Å²) in [7, 11) is -3.35. The van der Waals surface area contributed by atoms with Crippen LogP contribution in [0.4, 0.5) is 10.2 Å². The average molecular weight is 520 g/mol. The first-order valence-electron chi connectivity index (χ1n) is 11.7. The number of sulfone groups is 1. The molecule has 194 valence electrons. The van der Waals surface area contributed by atoms with Crippen molar-refractivity contribution in [3.8, 4) is 11.3 Å². The van der Waals surface area contributed by atoms with Crippen LogP contribution in [-0.2, 0) is 25.8 Å². The maximum absolute atomic E-state index is 13.5. The summed E-state index contributed by atoms with van der Waals surface area (Å²) in [6, 6.07) is 7.30. The molecule has 0 bridgehead atoms. The lowest BCUT2D eigenvalue weighted by Gasteiger charge is -2.11. The van der Waals surface area contributed by atoms with Gasteiger partial charge in [0.25, 0.3) is 5.91 Å². The fourth-order valence-corrected chi connectivity index (χ4v) is 4.10. The van der Waals surface area contributed by atoms with Gasteiger partial charge in [0.05, 0.1) is 17.6 Å². The fourth-order valence-electron chi connectivity index (χ4n) is 3.70. The molecule has 0 aliphatic heterocycles. The van der Waals surface area contributed by atoms with Gasteiger partial charge in [0.15, 0.2) is 9.84 Å². The predicted molar refractivity (Wildman–Crippen MR) is 135 cm³/mol. The summed E-state index contributed by atoms with van der Waals surface area (Å²) >= 11 is 0. The number of furan rings is 1. The Kier molecular flexibility index (Phi) is 9.03. The number of carbonyl (C=O) groups excluding carboxylic acids is 2. The third kappa shape index (κ3) is 7.03. The number of benzene rings is 1. The molecule has 2 heterocycles. The topological polar surface area (TPSA) is 128 Å². The minimum Gasteiger partial charge on any atom is -0.466 e. The Morgan fingerprint density at radius 2 is 1.86 bits per heavy atom. The molecule has 1 aromatic carbocycles. The van der Waals surface area contributed by atoms with Gasteiger partial charge in [0, 0.05) is 24.8 Å². The number of aromatic nitrogens is 1. The minimum absolute atomic E-state index is 0.141. The zero-order chi connectivity index (χ0) is 26.3. The number of nitrogens with one attached hydrogen (secondary N) is 2. The molecule has 0 spiro atoms. The van der Waals surface area contributed by atoms with E-state index in [1.54, 1.807) is 19.9 Å². The van der Waals surface area contributed by atoms with E-state index in [0.717, 1.165) is 6.26 Å². The molecule has 0 aliphatic carbocycles. The number of rotatable bonds is 12. The Morgan fingerprint density at radius 3 is 2.50 bits per heavy atom. The molecule has 36 heavy (non-hydrogen) atoms. The number of amides is 1. The van der Waals surface area contributed by atoms with E-state index < -0.39 is 15.7 Å². The van der Waals surface area contributed by atoms with Crippen molar-refractivity contribution < 1.29 is 31.6 Å². The standard InChI is InChI=1S/C25H30FN3O6S/c1-4-27-24(31)21-19-14-17(8-6-7-9-20(30)34-5-2)23(28-15-36(3,32)33)29-25(19)35-22(21)16-10-12-18(26)13-11-16/h10-14H,4-9,15H2,1-3H3,(H,27,31)(H,28,29). The molecule has 0 aliphatic rings. The molecule has 1 amide bonds. The normalized spacial score (nSPS) is 11.4. The van der Waals surface area contributed by atoms with Crippen LogP contribution in [0, 0.1) is 5.82 Å². The number of hydrogen-bond donors (Lipinski definition) is 2. The van der Waals surface area contributed by atoms with Gasteiger partial charge in [0.2, 0.25) is 5.71 Å². The molecular formula is C25H30FN3O6S. The van der Waals surface area contributed by atoms with Gasteiger partial charge in [-0.15, -0.1) is 0 Å². The second-order valence-electron chi connectivity index (χ2n) is 8.28. The van der Waals surface area contributed by atoms with Gasteiger partial charge in [-0.05, 0) is 69.0 Å². The first-order valence-corrected chi connectivity index (χ1v) is 13.8. The van der Waals surface area contributed by atoms with E-state index in [2.05, 4.69) is 15.6 Å². The van der Waals surface area contributed by atoms with E-state index in [1.807, 2.05) is 0 Å². The highest BCUT2D eigenvalue weighted by Gasteiger charge is 2.24. The van der Waals surface area contributed by atoms with Crippen molar-refractivity contribution in [2.45, 2.75) is 39.5 Å². The van der Waals surface area contributed by atoms with E-state index in [9.17, 15) is 22.4 Å². The molecule has 0 fully saturated rings. The Bertz CT molecular complexity index is 1340. The lowest BCUT2D eigenvalue weighted by atomic mass is 10.0. The number of unbranched alkanes of at least 4 members (excludes halogenated alkanes) is 1. The van der Waals surface area contributed by atoms with E-state index in [0.29, 0.717) is 54.7 Å². The van der Waals surface area contributed by atoms with Crippen LogP contribution in [0.1, 0.15) is 49.0 Å². The van der Waals surface area contributed by atoms with Gasteiger partial charge in [-0.25, -0.2) is 12.8 Å². The number of carbonyl (C=O) groups is 2. The molecule has 0 unspecified atom stereocenters. The molecule has 0 saturated carbocycles. The summed E-state index contributed by atoms with van der Waals surface area (Å²) in [6.45, 7) is 4.24. The van der Waals surface area contributed by atoms with Crippen molar-refractivity contribution in [3.63, 3.8) is 0 Å². The van der Waals surface area contributed by atoms with Crippen LogP contribution in [0.5, 0.6) is 0 Å². The smallest absolute Gasteiger partial charge is 0.305 e. The van der Waals surface area contributed by atoms with E-state index in [-0.39, 0.29) is 41.2 Å². The summed E-state index contributed by atoms with van der Waals surface area (Å²) < 4.78 is 47.9. The molecule has 3 rings (SSSR count). The molecule has 11 heteroatoms. The first kappa shape index (κ1) is 27.1. The lowest BCUT2D eigenvalue weighted by molar-refractivity contribution is -0.143. The molecule has 0 saturated heterocycles. The largest absolute Gasteiger partial charge is 0.466 e. The minimum atomic E-state index is -3.35. The number of aryl methyl sites for hydroxylation is 1. The van der Waals surface area contributed by atoms with Crippen molar-refractivity contribution in [3.05, 3.63) is 47.3 Å². The van der Waals surface area contributed by atoms with E-state index in [4.69, 9.17) is 9.15 Å². The number of hydrogen-bond acceptors (Lipinski definition) is 8. The summed E-state index contributed by atoms with van der Waals surface area (Å²) in [5.74, 6) is -0.871. The highest BCUT2D eigenvalue weighted by molar-refractivity contribution is 7.90. The molecule has 9 nitrogen and oxygen atoms in total. The van der Waals surface area contributed by atoms with Gasteiger partial charge in [-0.1, -0.05) is 0 Å². The number of halogens is 1. The zero-order valence-electron chi connectivity index (χ0n) is 20.5. The summed E-state index contributed by atoms with van der Waals surface area (Å²) in [5, 5.41) is 6.06. The van der Waals surface area contributed by atoms with Crippen LogP contribution in [0.15, 0.2) is 34.7 Å². The van der Waals surface area contributed by atoms with Crippen molar-refractivity contribution in [2.24, 2.45) is 0 Å². The van der Waals surface area contributed by atoms with Crippen LogP contribution < -0.4 is 10.6 Å². The van der Waals surface area contributed by atoms with Gasteiger partial charge >= 0.3 is 5.97 Å². The van der Waals surface area contributed by atoms with Crippen molar-refractivity contribution in [1.82, 2.24) is 10.3 Å². The molecule has 0 radical (unpaired) electrons. The van der Waals surface area contributed by atoms with Crippen LogP contribution >= 0.6 is 0 Å². The maximum Gasteiger partial charge on any atom is 0.305 e. The van der Waals surface area contributed by atoms with Crippen LogP contribution in [0.3, 0.4) is 0 Å². The van der Waals surface area contributed by atoms with Gasteiger partial charge in [0.1, 0.15) is 23.3 Å². The third-order valence-electron chi connectivity index (χ3n) is 5.32. The number of fused-ring (bicyclic) bond motifs is 1. The number of ether oxygens (including phenoxy) is 1. The molecule has 3 aromatic rings. The molecule has 2 aromatic heterocycles. The van der Waals surface area contributed by atoms with Crippen molar-refractivity contribution in [2.75, 3.05) is 30.6 Å². The quantitative estimate of drug-likeness (QED) is 0.271. The summed E-state index contributed by atoms with van der Waals surface area (Å²) in [5.41, 5.74) is 1.57. The van der Waals surface area contributed by atoms with Gasteiger partial charge < -0.3 is 19.8 Å². The predicted octanol–water partition coefficient (Wildman–Crippen LogP) is 4.07. The van der Waals surface area contributed by atoms with E-state index >= 15 is 0 Å². The SMILES string of the molecule is CCNC(=O)c1c(-c2ccc(F)cc2)oc2nc(NCS(C)(=O)=O)c(CCCCC(=O)OCC)cc12.